The largest absolute Gasteiger partial charge is 0.457 e. The topological polar surface area (TPSA) is 29.5 Å². The average molecular weight is 279 g/mol. The first-order valence-corrected chi connectivity index (χ1v) is 7.03. The Bertz CT molecular complexity index is 593. The van der Waals surface area contributed by atoms with Crippen LogP contribution in [-0.4, -0.2) is 17.5 Å². The van der Waals surface area contributed by atoms with Crippen molar-refractivity contribution >= 4 is 5.97 Å². The summed E-state index contributed by atoms with van der Waals surface area (Å²) >= 11 is 0. The van der Waals surface area contributed by atoms with Gasteiger partial charge in [-0.2, -0.15) is 0 Å². The zero-order chi connectivity index (χ0) is 14.5. The molecule has 21 heavy (non-hydrogen) atoms. The predicted molar refractivity (Wildman–Crippen MR) is 81.2 cm³/mol. The Labute approximate surface area is 124 Å². The van der Waals surface area contributed by atoms with Gasteiger partial charge in [0.1, 0.15) is 12.3 Å². The quantitative estimate of drug-likeness (QED) is 0.788. The van der Waals surface area contributed by atoms with Crippen molar-refractivity contribution in [2.45, 2.75) is 13.1 Å². The van der Waals surface area contributed by atoms with Crippen LogP contribution in [0.4, 0.5) is 0 Å². The molecule has 0 bridgehead atoms. The zero-order valence-corrected chi connectivity index (χ0v) is 11.7. The second kappa shape index (κ2) is 6.27. The first kappa shape index (κ1) is 13.4. The monoisotopic (exact) mass is 279 g/mol. The van der Waals surface area contributed by atoms with Crippen molar-refractivity contribution in [3.05, 3.63) is 83.6 Å². The van der Waals surface area contributed by atoms with Gasteiger partial charge in [0, 0.05) is 13.1 Å². The molecule has 0 radical (unpaired) electrons. The normalized spacial score (nSPS) is 13.7. The van der Waals surface area contributed by atoms with E-state index in [-0.39, 0.29) is 5.97 Å². The molecule has 0 N–H and O–H groups in total. The van der Waals surface area contributed by atoms with Gasteiger partial charge in [-0.25, -0.2) is 4.79 Å². The standard InChI is InChI=1S/C18H17NO2/c20-18-17(11-12-21-18)19(13-15-7-3-1-4-8-15)14-16-9-5-2-6-10-16/h1-11H,12-14H2. The molecule has 0 spiro atoms. The highest BCUT2D eigenvalue weighted by atomic mass is 16.5. The number of ether oxygens (including phenoxy) is 1. The minimum absolute atomic E-state index is 0.234. The highest BCUT2D eigenvalue weighted by molar-refractivity contribution is 5.89. The third kappa shape index (κ3) is 3.31. The minimum Gasteiger partial charge on any atom is -0.457 e. The molecule has 1 aliphatic rings. The highest BCUT2D eigenvalue weighted by Gasteiger charge is 2.23. The number of hydrogen-bond acceptors (Lipinski definition) is 3. The smallest absolute Gasteiger partial charge is 0.354 e. The van der Waals surface area contributed by atoms with Crippen molar-refractivity contribution in [1.82, 2.24) is 4.90 Å². The van der Waals surface area contributed by atoms with E-state index in [1.165, 1.54) is 11.1 Å². The van der Waals surface area contributed by atoms with Gasteiger partial charge in [0.05, 0.1) is 0 Å². The Kier molecular flexibility index (Phi) is 4.01. The average Bonchev–Trinajstić information content (AvgIpc) is 2.95. The molecule has 0 aromatic heterocycles. The summed E-state index contributed by atoms with van der Waals surface area (Å²) < 4.78 is 5.05. The van der Waals surface area contributed by atoms with Gasteiger partial charge < -0.3 is 9.64 Å². The molecule has 0 unspecified atom stereocenters. The molecule has 0 saturated carbocycles. The third-order valence-corrected chi connectivity index (χ3v) is 3.47. The van der Waals surface area contributed by atoms with E-state index in [1.807, 2.05) is 42.5 Å². The Morgan fingerprint density at radius 1 is 0.857 bits per heavy atom. The van der Waals surface area contributed by atoms with Gasteiger partial charge in [-0.05, 0) is 17.2 Å². The van der Waals surface area contributed by atoms with Crippen molar-refractivity contribution in [3.8, 4) is 0 Å². The number of esters is 1. The van der Waals surface area contributed by atoms with E-state index in [9.17, 15) is 4.79 Å². The molecule has 3 nitrogen and oxygen atoms in total. The molecule has 0 fully saturated rings. The Morgan fingerprint density at radius 2 is 1.38 bits per heavy atom. The van der Waals surface area contributed by atoms with Crippen molar-refractivity contribution in [1.29, 1.82) is 0 Å². The second-order valence-electron chi connectivity index (χ2n) is 5.02. The lowest BCUT2D eigenvalue weighted by atomic mass is 10.1. The second-order valence-corrected chi connectivity index (χ2v) is 5.02. The lowest BCUT2D eigenvalue weighted by Gasteiger charge is -2.24. The summed E-state index contributed by atoms with van der Waals surface area (Å²) in [6.07, 6.45) is 1.86. The van der Waals surface area contributed by atoms with Crippen molar-refractivity contribution in [2.24, 2.45) is 0 Å². The van der Waals surface area contributed by atoms with Gasteiger partial charge in [-0.15, -0.1) is 0 Å². The van der Waals surface area contributed by atoms with Gasteiger partial charge in [0.2, 0.25) is 0 Å². The fraction of sp³-hybridized carbons (Fsp3) is 0.167. The number of carbonyl (C=O) groups excluding carboxylic acids is 1. The molecular weight excluding hydrogens is 262 g/mol. The van der Waals surface area contributed by atoms with E-state index < -0.39 is 0 Å². The fourth-order valence-electron chi connectivity index (χ4n) is 2.45. The van der Waals surface area contributed by atoms with Gasteiger partial charge in [0.25, 0.3) is 0 Å². The van der Waals surface area contributed by atoms with Crippen LogP contribution >= 0.6 is 0 Å². The molecule has 2 aromatic rings. The van der Waals surface area contributed by atoms with E-state index in [0.29, 0.717) is 25.4 Å². The predicted octanol–water partition coefficient (Wildman–Crippen LogP) is 3.13. The summed E-state index contributed by atoms with van der Waals surface area (Å²) in [5.41, 5.74) is 3.01. The van der Waals surface area contributed by atoms with Crippen LogP contribution in [-0.2, 0) is 22.6 Å². The zero-order valence-electron chi connectivity index (χ0n) is 11.7. The maximum absolute atomic E-state index is 11.9. The van der Waals surface area contributed by atoms with Gasteiger partial charge in [-0.3, -0.25) is 0 Å². The molecule has 1 aliphatic heterocycles. The Hall–Kier alpha value is -2.55. The van der Waals surface area contributed by atoms with E-state index in [2.05, 4.69) is 29.2 Å². The van der Waals surface area contributed by atoms with E-state index in [4.69, 9.17) is 4.74 Å². The molecule has 0 amide bonds. The molecule has 106 valence electrons. The van der Waals surface area contributed by atoms with Gasteiger partial charge in [-0.1, -0.05) is 60.7 Å². The first-order valence-electron chi connectivity index (χ1n) is 7.03. The molecule has 3 heteroatoms. The van der Waals surface area contributed by atoms with Crippen LogP contribution < -0.4 is 0 Å². The van der Waals surface area contributed by atoms with Crippen LogP contribution in [0.1, 0.15) is 11.1 Å². The van der Waals surface area contributed by atoms with E-state index in [1.54, 1.807) is 0 Å². The molecule has 0 aliphatic carbocycles. The van der Waals surface area contributed by atoms with Gasteiger partial charge in [0.15, 0.2) is 0 Å². The first-order chi connectivity index (χ1) is 10.3. The SMILES string of the molecule is O=C1OCC=C1N(Cc1ccccc1)Cc1ccccc1. The minimum atomic E-state index is -0.234. The molecule has 0 atom stereocenters. The van der Waals surface area contributed by atoms with Crippen LogP contribution in [0, 0.1) is 0 Å². The molecule has 0 saturated heterocycles. The summed E-state index contributed by atoms with van der Waals surface area (Å²) in [5, 5.41) is 0. The summed E-state index contributed by atoms with van der Waals surface area (Å²) in [6, 6.07) is 20.3. The third-order valence-electron chi connectivity index (χ3n) is 3.47. The number of cyclic esters (lactones) is 1. The van der Waals surface area contributed by atoms with E-state index in [0.717, 1.165) is 0 Å². The van der Waals surface area contributed by atoms with Crippen molar-refractivity contribution in [2.75, 3.05) is 6.61 Å². The molecular formula is C18H17NO2. The molecule has 3 rings (SSSR count). The van der Waals surface area contributed by atoms with Crippen LogP contribution in [0.3, 0.4) is 0 Å². The number of nitrogens with zero attached hydrogens (tertiary/aromatic N) is 1. The van der Waals surface area contributed by atoms with Crippen LogP contribution in [0.15, 0.2) is 72.4 Å². The maximum Gasteiger partial charge on any atom is 0.354 e. The maximum atomic E-state index is 11.9. The van der Waals surface area contributed by atoms with Crippen LogP contribution in [0.25, 0.3) is 0 Å². The lowest BCUT2D eigenvalue weighted by Crippen LogP contribution is -2.25. The number of carbonyl (C=O) groups is 1. The summed E-state index contributed by atoms with van der Waals surface area (Å²) in [7, 11) is 0. The molecule has 2 aromatic carbocycles. The van der Waals surface area contributed by atoms with Crippen LogP contribution in [0.2, 0.25) is 0 Å². The lowest BCUT2D eigenvalue weighted by molar-refractivity contribution is -0.137. The molecule has 1 heterocycles. The van der Waals surface area contributed by atoms with Gasteiger partial charge >= 0.3 is 5.97 Å². The number of benzene rings is 2. The van der Waals surface area contributed by atoms with Crippen molar-refractivity contribution in [3.63, 3.8) is 0 Å². The fourth-order valence-corrected chi connectivity index (χ4v) is 2.45. The Balaban J connectivity index is 1.82. The number of rotatable bonds is 5. The van der Waals surface area contributed by atoms with Crippen molar-refractivity contribution < 1.29 is 9.53 Å². The summed E-state index contributed by atoms with van der Waals surface area (Å²) in [6.45, 7) is 1.75. The number of hydrogen-bond donors (Lipinski definition) is 0. The van der Waals surface area contributed by atoms with Crippen LogP contribution in [0.5, 0.6) is 0 Å². The van der Waals surface area contributed by atoms with E-state index >= 15 is 0 Å². The Morgan fingerprint density at radius 3 is 1.81 bits per heavy atom. The summed E-state index contributed by atoms with van der Waals surface area (Å²) in [4.78, 5) is 13.9. The summed E-state index contributed by atoms with van der Waals surface area (Å²) in [5.74, 6) is -0.234. The highest BCUT2D eigenvalue weighted by Crippen LogP contribution is 2.19.